The lowest BCUT2D eigenvalue weighted by Crippen LogP contribution is -2.39. The molecule has 0 saturated heterocycles. The van der Waals surface area contributed by atoms with Gasteiger partial charge < -0.3 is 5.11 Å². The van der Waals surface area contributed by atoms with Crippen molar-refractivity contribution in [3.8, 4) is 0 Å². The molecule has 0 aliphatic heterocycles. The lowest BCUT2D eigenvalue weighted by molar-refractivity contribution is -0.0329. The predicted octanol–water partition coefficient (Wildman–Crippen LogP) is 1.85. The van der Waals surface area contributed by atoms with Crippen LogP contribution in [0, 0.1) is 0 Å². The molecule has 0 aromatic carbocycles. The normalized spacial score (nSPS) is 19.8. The fourth-order valence-corrected chi connectivity index (χ4v) is 2.68. The Bertz CT molecular complexity index is 427. The first-order valence-corrected chi connectivity index (χ1v) is 5.77. The first kappa shape index (κ1) is 8.44. The van der Waals surface area contributed by atoms with Crippen LogP contribution in [0.3, 0.4) is 0 Å². The van der Waals surface area contributed by atoms with E-state index >= 15 is 0 Å². The molecule has 4 heteroatoms. The summed E-state index contributed by atoms with van der Waals surface area (Å²) in [5, 5.41) is 12.0. The Kier molecular flexibility index (Phi) is 1.69. The maximum atomic E-state index is 9.98. The molecule has 3 nitrogen and oxygen atoms in total. The van der Waals surface area contributed by atoms with E-state index in [1.807, 2.05) is 22.2 Å². The van der Waals surface area contributed by atoms with Crippen molar-refractivity contribution in [2.24, 2.45) is 0 Å². The molecule has 2 aromatic rings. The van der Waals surface area contributed by atoms with Gasteiger partial charge in [0.2, 0.25) is 0 Å². The van der Waals surface area contributed by atoms with Crippen molar-refractivity contribution in [1.82, 2.24) is 9.38 Å². The third-order valence-electron chi connectivity index (χ3n) is 2.94. The lowest BCUT2D eigenvalue weighted by atomic mass is 9.77. The van der Waals surface area contributed by atoms with Crippen LogP contribution < -0.4 is 0 Å². The summed E-state index contributed by atoms with van der Waals surface area (Å²) >= 11 is 1.63. The maximum absolute atomic E-state index is 9.98. The lowest BCUT2D eigenvalue weighted by Gasteiger charge is -2.35. The Hall–Kier alpha value is -0.870. The molecule has 1 aliphatic carbocycles. The maximum Gasteiger partial charge on any atom is 0.193 e. The minimum Gasteiger partial charge on any atom is -0.389 e. The number of hydrogen-bond donors (Lipinski definition) is 1. The van der Waals surface area contributed by atoms with Gasteiger partial charge in [-0.05, 0) is 19.3 Å². The van der Waals surface area contributed by atoms with Gasteiger partial charge in [-0.2, -0.15) is 0 Å². The third kappa shape index (κ3) is 1.26. The number of aliphatic hydroxyl groups is 1. The number of hydrogen-bond acceptors (Lipinski definition) is 3. The standard InChI is InChI=1S/C10H12N2OS/c13-10(2-1-3-10)6-8-7-12-4-5-14-9(12)11-8/h4-5,7,13H,1-3,6H2. The van der Waals surface area contributed by atoms with Gasteiger partial charge in [-0.25, -0.2) is 4.98 Å². The van der Waals surface area contributed by atoms with E-state index in [0.717, 1.165) is 29.9 Å². The second-order valence-corrected chi connectivity index (χ2v) is 4.95. The van der Waals surface area contributed by atoms with E-state index < -0.39 is 5.60 Å². The SMILES string of the molecule is OC1(Cc2cn3ccsc3n2)CCC1. The number of nitrogens with zero attached hydrogens (tertiary/aromatic N) is 2. The highest BCUT2D eigenvalue weighted by atomic mass is 32.1. The van der Waals surface area contributed by atoms with E-state index in [-0.39, 0.29) is 0 Å². The van der Waals surface area contributed by atoms with Crippen LogP contribution in [0.1, 0.15) is 25.0 Å². The largest absolute Gasteiger partial charge is 0.389 e. The third-order valence-corrected chi connectivity index (χ3v) is 3.71. The fraction of sp³-hybridized carbons (Fsp3) is 0.500. The summed E-state index contributed by atoms with van der Waals surface area (Å²) in [5.74, 6) is 0. The average Bonchev–Trinajstić information content (AvgIpc) is 2.60. The molecule has 2 heterocycles. The molecule has 1 fully saturated rings. The van der Waals surface area contributed by atoms with Crippen LogP contribution in [0.25, 0.3) is 4.96 Å². The van der Waals surface area contributed by atoms with Crippen molar-refractivity contribution in [3.63, 3.8) is 0 Å². The molecule has 0 amide bonds. The molecule has 0 unspecified atom stereocenters. The van der Waals surface area contributed by atoms with Crippen molar-refractivity contribution in [1.29, 1.82) is 0 Å². The van der Waals surface area contributed by atoms with Gasteiger partial charge >= 0.3 is 0 Å². The Morgan fingerprint density at radius 3 is 3.07 bits per heavy atom. The molecule has 0 spiro atoms. The van der Waals surface area contributed by atoms with Crippen LogP contribution >= 0.6 is 11.3 Å². The van der Waals surface area contributed by atoms with Crippen LogP contribution in [0.5, 0.6) is 0 Å². The van der Waals surface area contributed by atoms with E-state index in [1.54, 1.807) is 11.3 Å². The minimum absolute atomic E-state index is 0.454. The van der Waals surface area contributed by atoms with Gasteiger partial charge in [-0.15, -0.1) is 11.3 Å². The molecular formula is C10H12N2OS. The van der Waals surface area contributed by atoms with Gasteiger partial charge in [0, 0.05) is 24.2 Å². The van der Waals surface area contributed by atoms with Gasteiger partial charge in [0.25, 0.3) is 0 Å². The number of thiazole rings is 1. The van der Waals surface area contributed by atoms with Gasteiger partial charge in [-0.1, -0.05) is 0 Å². The fourth-order valence-electron chi connectivity index (χ4n) is 1.96. The summed E-state index contributed by atoms with van der Waals surface area (Å²) < 4.78 is 2.02. The summed E-state index contributed by atoms with van der Waals surface area (Å²) in [4.78, 5) is 5.48. The number of fused-ring (bicyclic) bond motifs is 1. The van der Waals surface area contributed by atoms with E-state index in [4.69, 9.17) is 0 Å². The van der Waals surface area contributed by atoms with Crippen LogP contribution in [0.2, 0.25) is 0 Å². The Morgan fingerprint density at radius 1 is 1.57 bits per heavy atom. The van der Waals surface area contributed by atoms with Crippen molar-refractivity contribution in [3.05, 3.63) is 23.5 Å². The highest BCUT2D eigenvalue weighted by Crippen LogP contribution is 2.34. The molecule has 3 rings (SSSR count). The quantitative estimate of drug-likeness (QED) is 0.818. The van der Waals surface area contributed by atoms with Crippen LogP contribution in [-0.2, 0) is 6.42 Å². The zero-order valence-electron chi connectivity index (χ0n) is 7.81. The van der Waals surface area contributed by atoms with Crippen molar-refractivity contribution >= 4 is 16.3 Å². The number of rotatable bonds is 2. The van der Waals surface area contributed by atoms with Crippen LogP contribution in [0.15, 0.2) is 17.8 Å². The summed E-state index contributed by atoms with van der Waals surface area (Å²) in [7, 11) is 0. The molecule has 14 heavy (non-hydrogen) atoms. The van der Waals surface area contributed by atoms with Crippen LogP contribution in [0.4, 0.5) is 0 Å². The van der Waals surface area contributed by atoms with Crippen molar-refractivity contribution < 1.29 is 5.11 Å². The minimum atomic E-state index is -0.454. The molecule has 1 saturated carbocycles. The number of aromatic nitrogens is 2. The van der Waals surface area contributed by atoms with Crippen molar-refractivity contribution in [2.45, 2.75) is 31.3 Å². The summed E-state index contributed by atoms with van der Waals surface area (Å²) in [6.45, 7) is 0. The highest BCUT2D eigenvalue weighted by Gasteiger charge is 2.35. The van der Waals surface area contributed by atoms with Crippen LogP contribution in [-0.4, -0.2) is 20.1 Å². The summed E-state index contributed by atoms with van der Waals surface area (Å²) in [5.41, 5.74) is 0.559. The zero-order chi connectivity index (χ0) is 9.60. The average molecular weight is 208 g/mol. The number of imidazole rings is 1. The zero-order valence-corrected chi connectivity index (χ0v) is 8.63. The van der Waals surface area contributed by atoms with Gasteiger partial charge in [0.05, 0.1) is 11.3 Å². The molecule has 1 aliphatic rings. The molecule has 74 valence electrons. The van der Waals surface area contributed by atoms with Gasteiger partial charge in [0.15, 0.2) is 4.96 Å². The highest BCUT2D eigenvalue weighted by molar-refractivity contribution is 7.15. The smallest absolute Gasteiger partial charge is 0.193 e. The van der Waals surface area contributed by atoms with E-state index in [2.05, 4.69) is 4.98 Å². The van der Waals surface area contributed by atoms with E-state index in [1.165, 1.54) is 0 Å². The second-order valence-electron chi connectivity index (χ2n) is 4.08. The van der Waals surface area contributed by atoms with E-state index in [0.29, 0.717) is 6.42 Å². The molecule has 0 atom stereocenters. The first-order valence-electron chi connectivity index (χ1n) is 4.89. The van der Waals surface area contributed by atoms with E-state index in [9.17, 15) is 5.11 Å². The van der Waals surface area contributed by atoms with Gasteiger partial charge in [-0.3, -0.25) is 4.40 Å². The Balaban J connectivity index is 1.88. The summed E-state index contributed by atoms with van der Waals surface area (Å²) in [6, 6.07) is 0. The molecule has 0 radical (unpaired) electrons. The molecule has 1 N–H and O–H groups in total. The Labute approximate surface area is 86.0 Å². The summed E-state index contributed by atoms with van der Waals surface area (Å²) in [6.07, 6.45) is 7.74. The Morgan fingerprint density at radius 2 is 2.43 bits per heavy atom. The molecular weight excluding hydrogens is 196 g/mol. The van der Waals surface area contributed by atoms with Crippen molar-refractivity contribution in [2.75, 3.05) is 0 Å². The molecule has 0 bridgehead atoms. The van der Waals surface area contributed by atoms with Gasteiger partial charge in [0.1, 0.15) is 0 Å². The second kappa shape index (κ2) is 2.81. The first-order chi connectivity index (χ1) is 6.75. The monoisotopic (exact) mass is 208 g/mol. The topological polar surface area (TPSA) is 37.5 Å². The predicted molar refractivity (Wildman–Crippen MR) is 55.6 cm³/mol. The molecule has 2 aromatic heterocycles.